The summed E-state index contributed by atoms with van der Waals surface area (Å²) in [6, 6.07) is 12.4. The Hall–Kier alpha value is -2.07. The number of aryl methyl sites for hydroxylation is 1. The molecule has 4 nitrogen and oxygen atoms in total. The number of hydrogen-bond donors (Lipinski definition) is 0. The van der Waals surface area contributed by atoms with Crippen LogP contribution in [-0.2, 0) is 13.1 Å². The summed E-state index contributed by atoms with van der Waals surface area (Å²) in [5.41, 5.74) is 2.55. The fraction of sp³-hybridized carbons (Fsp3) is 0.500. The van der Waals surface area contributed by atoms with Crippen molar-refractivity contribution in [2.24, 2.45) is 0 Å². The van der Waals surface area contributed by atoms with Gasteiger partial charge in [-0.15, -0.1) is 0 Å². The molecule has 0 aliphatic carbocycles. The van der Waals surface area contributed by atoms with Crippen LogP contribution in [-0.4, -0.2) is 34.3 Å². The smallest absolute Gasteiger partial charge is 0.289 e. The van der Waals surface area contributed by atoms with Gasteiger partial charge in [0.05, 0.1) is 6.54 Å². The number of amides is 1. The molecule has 1 aliphatic heterocycles. The number of nitrogens with zero attached hydrogens (tertiary/aromatic N) is 2. The molecule has 1 saturated heterocycles. The molecular formula is C22H30N2O2. The summed E-state index contributed by atoms with van der Waals surface area (Å²) in [7, 11) is 0. The SMILES string of the molecule is Cc1ccc(CN(Cc2ccc(C(=O)N3CCCC3)o2)C(C)(C)C)cc1. The van der Waals surface area contributed by atoms with E-state index < -0.39 is 0 Å². The van der Waals surface area contributed by atoms with Gasteiger partial charge in [0.1, 0.15) is 5.76 Å². The number of benzene rings is 1. The van der Waals surface area contributed by atoms with Gasteiger partial charge in [0.15, 0.2) is 5.76 Å². The van der Waals surface area contributed by atoms with Gasteiger partial charge >= 0.3 is 0 Å². The number of likely N-dealkylation sites (tertiary alicyclic amines) is 1. The van der Waals surface area contributed by atoms with Crippen molar-refractivity contribution in [2.45, 2.75) is 59.2 Å². The molecule has 1 fully saturated rings. The molecule has 0 bridgehead atoms. The van der Waals surface area contributed by atoms with E-state index in [0.717, 1.165) is 38.2 Å². The lowest BCUT2D eigenvalue weighted by Gasteiger charge is -2.35. The molecule has 1 amide bonds. The lowest BCUT2D eigenvalue weighted by molar-refractivity contribution is 0.0749. The van der Waals surface area contributed by atoms with Gasteiger partial charge in [0, 0.05) is 25.2 Å². The monoisotopic (exact) mass is 354 g/mol. The van der Waals surface area contributed by atoms with E-state index in [2.05, 4.69) is 56.9 Å². The van der Waals surface area contributed by atoms with Crippen LogP contribution in [0.25, 0.3) is 0 Å². The van der Waals surface area contributed by atoms with Gasteiger partial charge in [-0.3, -0.25) is 9.69 Å². The molecular weight excluding hydrogens is 324 g/mol. The van der Waals surface area contributed by atoms with E-state index in [-0.39, 0.29) is 11.4 Å². The highest BCUT2D eigenvalue weighted by molar-refractivity contribution is 5.91. The Balaban J connectivity index is 1.71. The Morgan fingerprint density at radius 1 is 1.04 bits per heavy atom. The highest BCUT2D eigenvalue weighted by Gasteiger charge is 2.25. The summed E-state index contributed by atoms with van der Waals surface area (Å²) >= 11 is 0. The zero-order valence-corrected chi connectivity index (χ0v) is 16.4. The summed E-state index contributed by atoms with van der Waals surface area (Å²) < 4.78 is 5.91. The topological polar surface area (TPSA) is 36.7 Å². The van der Waals surface area contributed by atoms with Gasteiger partial charge in [0.25, 0.3) is 5.91 Å². The van der Waals surface area contributed by atoms with Crippen molar-refractivity contribution in [1.29, 1.82) is 0 Å². The van der Waals surface area contributed by atoms with Crippen molar-refractivity contribution >= 4 is 5.91 Å². The summed E-state index contributed by atoms with van der Waals surface area (Å²) in [4.78, 5) is 16.7. The minimum Gasteiger partial charge on any atom is -0.455 e. The van der Waals surface area contributed by atoms with Crippen LogP contribution >= 0.6 is 0 Å². The van der Waals surface area contributed by atoms with Crippen molar-refractivity contribution < 1.29 is 9.21 Å². The van der Waals surface area contributed by atoms with Crippen molar-refractivity contribution in [3.8, 4) is 0 Å². The van der Waals surface area contributed by atoms with Crippen LogP contribution < -0.4 is 0 Å². The van der Waals surface area contributed by atoms with Gasteiger partial charge in [-0.1, -0.05) is 29.8 Å². The molecule has 140 valence electrons. The third kappa shape index (κ3) is 4.55. The van der Waals surface area contributed by atoms with E-state index in [9.17, 15) is 4.79 Å². The lowest BCUT2D eigenvalue weighted by Crippen LogP contribution is -2.40. The fourth-order valence-corrected chi connectivity index (χ4v) is 3.29. The van der Waals surface area contributed by atoms with Gasteiger partial charge in [0.2, 0.25) is 0 Å². The first kappa shape index (κ1) is 18.7. The Bertz CT molecular complexity index is 734. The second kappa shape index (κ2) is 7.67. The molecule has 2 heterocycles. The van der Waals surface area contributed by atoms with Crippen LogP contribution in [0, 0.1) is 6.92 Å². The highest BCUT2D eigenvalue weighted by Crippen LogP contribution is 2.23. The van der Waals surface area contributed by atoms with Crippen molar-refractivity contribution in [2.75, 3.05) is 13.1 Å². The fourth-order valence-electron chi connectivity index (χ4n) is 3.29. The number of carbonyl (C=O) groups is 1. The molecule has 0 atom stereocenters. The second-order valence-corrected chi connectivity index (χ2v) is 8.28. The van der Waals surface area contributed by atoms with Crippen LogP contribution in [0.1, 0.15) is 61.1 Å². The maximum Gasteiger partial charge on any atom is 0.289 e. The molecule has 1 aliphatic rings. The van der Waals surface area contributed by atoms with Gasteiger partial charge < -0.3 is 9.32 Å². The van der Waals surface area contributed by atoms with Gasteiger partial charge in [-0.25, -0.2) is 0 Å². The van der Waals surface area contributed by atoms with Crippen LogP contribution in [0.2, 0.25) is 0 Å². The van der Waals surface area contributed by atoms with E-state index in [1.165, 1.54) is 11.1 Å². The average Bonchev–Trinajstić information content (AvgIpc) is 3.26. The van der Waals surface area contributed by atoms with Crippen LogP contribution in [0.15, 0.2) is 40.8 Å². The first-order chi connectivity index (χ1) is 12.3. The number of furan rings is 1. The van der Waals surface area contributed by atoms with Gasteiger partial charge in [-0.05, 0) is 58.2 Å². The maximum absolute atomic E-state index is 12.5. The van der Waals surface area contributed by atoms with E-state index in [1.54, 1.807) is 0 Å². The normalized spacial score (nSPS) is 15.0. The van der Waals surface area contributed by atoms with Crippen LogP contribution in [0.4, 0.5) is 0 Å². The molecule has 1 aromatic carbocycles. The Morgan fingerprint density at radius 2 is 1.69 bits per heavy atom. The second-order valence-electron chi connectivity index (χ2n) is 8.28. The quantitative estimate of drug-likeness (QED) is 0.786. The number of hydrogen-bond acceptors (Lipinski definition) is 3. The molecule has 0 unspecified atom stereocenters. The number of rotatable bonds is 5. The number of carbonyl (C=O) groups excluding carboxylic acids is 1. The third-order valence-corrected chi connectivity index (χ3v) is 5.06. The van der Waals surface area contributed by atoms with E-state index in [4.69, 9.17) is 4.42 Å². The molecule has 26 heavy (non-hydrogen) atoms. The predicted octanol–water partition coefficient (Wildman–Crippen LogP) is 4.62. The van der Waals surface area contributed by atoms with Crippen molar-refractivity contribution in [3.05, 3.63) is 59.0 Å². The van der Waals surface area contributed by atoms with Crippen molar-refractivity contribution in [1.82, 2.24) is 9.80 Å². The third-order valence-electron chi connectivity index (χ3n) is 5.06. The zero-order chi connectivity index (χ0) is 18.7. The summed E-state index contributed by atoms with van der Waals surface area (Å²) in [5.74, 6) is 1.33. The molecule has 0 spiro atoms. The standard InChI is InChI=1S/C22H30N2O2/c1-17-7-9-18(10-8-17)15-24(22(2,3)4)16-19-11-12-20(26-19)21(25)23-13-5-6-14-23/h7-12H,5-6,13-16H2,1-4H3. The van der Waals surface area contributed by atoms with Gasteiger partial charge in [-0.2, -0.15) is 0 Å². The Labute approximate surface area is 156 Å². The molecule has 0 saturated carbocycles. The molecule has 0 N–H and O–H groups in total. The average molecular weight is 354 g/mol. The molecule has 4 heteroatoms. The first-order valence-electron chi connectivity index (χ1n) is 9.51. The maximum atomic E-state index is 12.5. The predicted molar refractivity (Wildman–Crippen MR) is 104 cm³/mol. The molecule has 1 aromatic heterocycles. The van der Waals surface area contributed by atoms with E-state index in [0.29, 0.717) is 12.3 Å². The van der Waals surface area contributed by atoms with Crippen LogP contribution in [0.3, 0.4) is 0 Å². The van der Waals surface area contributed by atoms with Crippen molar-refractivity contribution in [3.63, 3.8) is 0 Å². The summed E-state index contributed by atoms with van der Waals surface area (Å²) in [6.07, 6.45) is 2.18. The van der Waals surface area contributed by atoms with E-state index in [1.807, 2.05) is 17.0 Å². The zero-order valence-electron chi connectivity index (χ0n) is 16.4. The molecule has 3 rings (SSSR count). The summed E-state index contributed by atoms with van der Waals surface area (Å²) in [5, 5.41) is 0. The first-order valence-corrected chi connectivity index (χ1v) is 9.51. The largest absolute Gasteiger partial charge is 0.455 e. The Morgan fingerprint density at radius 3 is 2.31 bits per heavy atom. The highest BCUT2D eigenvalue weighted by atomic mass is 16.4. The van der Waals surface area contributed by atoms with E-state index >= 15 is 0 Å². The summed E-state index contributed by atoms with van der Waals surface area (Å²) in [6.45, 7) is 12.0. The van der Waals surface area contributed by atoms with Crippen LogP contribution in [0.5, 0.6) is 0 Å². The minimum absolute atomic E-state index is 0.00317. The molecule has 2 aromatic rings. The minimum atomic E-state index is -0.00317. The molecule has 0 radical (unpaired) electrons. The lowest BCUT2D eigenvalue weighted by atomic mass is 10.0. The Kier molecular flexibility index (Phi) is 5.52.